The van der Waals surface area contributed by atoms with E-state index >= 15 is 0 Å². The van der Waals surface area contributed by atoms with Gasteiger partial charge in [-0.2, -0.15) is 0 Å². The minimum absolute atomic E-state index is 0.0360. The Bertz CT molecular complexity index is 830. The highest BCUT2D eigenvalue weighted by Gasteiger charge is 2.63. The first-order valence-corrected chi connectivity index (χ1v) is 8.17. The van der Waals surface area contributed by atoms with Gasteiger partial charge < -0.3 is 10.0 Å². The molecule has 7 heteroatoms. The minimum atomic E-state index is -1.11. The third kappa shape index (κ3) is 2.19. The summed E-state index contributed by atoms with van der Waals surface area (Å²) in [7, 11) is 0. The molecule has 1 aromatic heterocycles. The van der Waals surface area contributed by atoms with Gasteiger partial charge in [0.25, 0.3) is 5.91 Å². The molecule has 3 aliphatic rings. The van der Waals surface area contributed by atoms with Crippen LogP contribution in [0, 0.1) is 5.92 Å². The topological polar surface area (TPSA) is 90.8 Å². The SMILES string of the molecule is CC(=O)N1CCC2C(/C=C/c3ccccn3)=C(C(=O)O)N3C(=O)[C@@H]1[C@@H]23. The third-order valence-electron chi connectivity index (χ3n) is 5.18. The molecule has 3 aliphatic heterocycles. The van der Waals surface area contributed by atoms with Crippen LogP contribution in [0.2, 0.25) is 0 Å². The average molecular weight is 339 g/mol. The molecule has 0 aliphatic carbocycles. The highest BCUT2D eigenvalue weighted by molar-refractivity contribution is 6.03. The Labute approximate surface area is 144 Å². The summed E-state index contributed by atoms with van der Waals surface area (Å²) in [6.45, 7) is 1.91. The summed E-state index contributed by atoms with van der Waals surface area (Å²) in [4.78, 5) is 43.2. The van der Waals surface area contributed by atoms with E-state index < -0.39 is 12.0 Å². The molecular formula is C18H17N3O4. The van der Waals surface area contributed by atoms with E-state index in [1.807, 2.05) is 18.2 Å². The summed E-state index contributed by atoms with van der Waals surface area (Å²) in [5.41, 5.74) is 1.40. The van der Waals surface area contributed by atoms with Gasteiger partial charge in [0.1, 0.15) is 11.7 Å². The number of carbonyl (C=O) groups is 3. The third-order valence-corrected chi connectivity index (χ3v) is 5.18. The van der Waals surface area contributed by atoms with E-state index in [4.69, 9.17) is 0 Å². The van der Waals surface area contributed by atoms with Gasteiger partial charge in [0, 0.05) is 25.6 Å². The molecule has 7 nitrogen and oxygen atoms in total. The number of aliphatic carboxylic acids is 1. The number of hydrogen-bond acceptors (Lipinski definition) is 4. The molecule has 0 spiro atoms. The minimum Gasteiger partial charge on any atom is -0.477 e. The molecule has 25 heavy (non-hydrogen) atoms. The fraction of sp³-hybridized carbons (Fsp3) is 0.333. The molecule has 0 bridgehead atoms. The van der Waals surface area contributed by atoms with Crippen molar-refractivity contribution >= 4 is 23.9 Å². The number of carboxylic acid groups (broad SMARTS) is 1. The number of piperidine rings is 1. The number of carboxylic acids is 1. The highest BCUT2D eigenvalue weighted by atomic mass is 16.4. The summed E-state index contributed by atoms with van der Waals surface area (Å²) in [6, 6.07) is 4.69. The number of β-lactam (4-membered cyclic amide) rings is 1. The zero-order valence-electron chi connectivity index (χ0n) is 13.6. The Hall–Kier alpha value is -2.96. The van der Waals surface area contributed by atoms with Crippen molar-refractivity contribution < 1.29 is 19.5 Å². The average Bonchev–Trinajstić information content (AvgIpc) is 2.92. The van der Waals surface area contributed by atoms with Crippen LogP contribution in [-0.2, 0) is 14.4 Å². The number of rotatable bonds is 3. The van der Waals surface area contributed by atoms with Crippen molar-refractivity contribution in [1.29, 1.82) is 0 Å². The largest absolute Gasteiger partial charge is 0.477 e. The van der Waals surface area contributed by atoms with Crippen LogP contribution in [0.15, 0.2) is 41.7 Å². The van der Waals surface area contributed by atoms with E-state index in [9.17, 15) is 19.5 Å². The molecule has 2 fully saturated rings. The predicted octanol–water partition coefficient (Wildman–Crippen LogP) is 0.895. The standard InChI is InChI=1S/C18H17N3O4/c1-10(22)20-9-7-13-12(6-5-11-4-2-3-8-19-11)15(18(24)25)21-14(13)16(20)17(21)23/h2-6,8,13-14,16H,7,9H2,1H3,(H,24,25)/b6-5+/t13?,14-,16+/m1/s1. The van der Waals surface area contributed by atoms with Crippen LogP contribution in [0.4, 0.5) is 0 Å². The van der Waals surface area contributed by atoms with Crippen LogP contribution in [-0.4, -0.2) is 56.3 Å². The number of allylic oxidation sites excluding steroid dienone is 1. The van der Waals surface area contributed by atoms with Crippen molar-refractivity contribution in [2.75, 3.05) is 6.54 Å². The maximum absolute atomic E-state index is 12.5. The molecule has 1 aromatic rings. The second-order valence-corrected chi connectivity index (χ2v) is 6.45. The molecule has 3 atom stereocenters. The Morgan fingerprint density at radius 3 is 2.76 bits per heavy atom. The smallest absolute Gasteiger partial charge is 0.352 e. The molecule has 4 rings (SSSR count). The van der Waals surface area contributed by atoms with Gasteiger partial charge in [-0.1, -0.05) is 12.1 Å². The molecule has 0 radical (unpaired) electrons. The number of aromatic nitrogens is 1. The summed E-state index contributed by atoms with van der Waals surface area (Å²) >= 11 is 0. The second-order valence-electron chi connectivity index (χ2n) is 6.45. The van der Waals surface area contributed by atoms with Gasteiger partial charge >= 0.3 is 5.97 Å². The van der Waals surface area contributed by atoms with E-state index in [0.717, 1.165) is 5.69 Å². The second kappa shape index (κ2) is 5.54. The van der Waals surface area contributed by atoms with Crippen molar-refractivity contribution in [3.63, 3.8) is 0 Å². The first-order chi connectivity index (χ1) is 12.0. The molecule has 1 N–H and O–H groups in total. The van der Waals surface area contributed by atoms with Crippen molar-refractivity contribution in [1.82, 2.24) is 14.8 Å². The Morgan fingerprint density at radius 1 is 1.32 bits per heavy atom. The van der Waals surface area contributed by atoms with Crippen LogP contribution in [0.1, 0.15) is 19.0 Å². The van der Waals surface area contributed by atoms with Crippen molar-refractivity contribution in [3.8, 4) is 0 Å². The van der Waals surface area contributed by atoms with E-state index in [1.54, 1.807) is 23.2 Å². The van der Waals surface area contributed by atoms with Crippen LogP contribution in [0.3, 0.4) is 0 Å². The number of carbonyl (C=O) groups excluding carboxylic acids is 2. The predicted molar refractivity (Wildman–Crippen MR) is 87.8 cm³/mol. The Balaban J connectivity index is 1.72. The van der Waals surface area contributed by atoms with Gasteiger partial charge in [0.05, 0.1) is 11.7 Å². The van der Waals surface area contributed by atoms with Crippen LogP contribution in [0.5, 0.6) is 0 Å². The lowest BCUT2D eigenvalue weighted by Gasteiger charge is -2.53. The molecule has 4 heterocycles. The molecule has 1 unspecified atom stereocenters. The summed E-state index contributed by atoms with van der Waals surface area (Å²) < 4.78 is 0. The summed E-state index contributed by atoms with van der Waals surface area (Å²) in [6.07, 6.45) is 5.83. The number of pyridine rings is 1. The van der Waals surface area contributed by atoms with Crippen LogP contribution in [0.25, 0.3) is 6.08 Å². The lowest BCUT2D eigenvalue weighted by Crippen LogP contribution is -2.73. The quantitative estimate of drug-likeness (QED) is 0.826. The molecule has 0 saturated carbocycles. The fourth-order valence-corrected chi connectivity index (χ4v) is 4.15. The first kappa shape index (κ1) is 15.6. The summed E-state index contributed by atoms with van der Waals surface area (Å²) in [5, 5.41) is 9.63. The van der Waals surface area contributed by atoms with E-state index in [0.29, 0.717) is 18.5 Å². The van der Waals surface area contributed by atoms with Gasteiger partial charge in [0.15, 0.2) is 0 Å². The fourth-order valence-electron chi connectivity index (χ4n) is 4.15. The highest BCUT2D eigenvalue weighted by Crippen LogP contribution is 2.49. The summed E-state index contributed by atoms with van der Waals surface area (Å²) in [5.74, 6) is -1.63. The number of likely N-dealkylation sites (tertiary alicyclic amines) is 1. The maximum Gasteiger partial charge on any atom is 0.352 e. The lowest BCUT2D eigenvalue weighted by molar-refractivity contribution is -0.168. The van der Waals surface area contributed by atoms with Crippen molar-refractivity contribution in [2.24, 2.45) is 5.92 Å². The van der Waals surface area contributed by atoms with Gasteiger partial charge in [-0.05, 0) is 30.2 Å². The van der Waals surface area contributed by atoms with Gasteiger partial charge in [0.2, 0.25) is 5.91 Å². The van der Waals surface area contributed by atoms with Crippen molar-refractivity contribution in [3.05, 3.63) is 47.4 Å². The zero-order chi connectivity index (χ0) is 17.7. The number of nitrogens with zero attached hydrogens (tertiary/aromatic N) is 3. The maximum atomic E-state index is 12.5. The van der Waals surface area contributed by atoms with Crippen LogP contribution >= 0.6 is 0 Å². The van der Waals surface area contributed by atoms with E-state index in [-0.39, 0.29) is 29.5 Å². The normalized spacial score (nSPS) is 27.6. The lowest BCUT2D eigenvalue weighted by atomic mass is 9.78. The molecule has 128 valence electrons. The Kier molecular flexibility index (Phi) is 3.45. The van der Waals surface area contributed by atoms with Crippen LogP contribution < -0.4 is 0 Å². The van der Waals surface area contributed by atoms with E-state index in [1.165, 1.54) is 11.8 Å². The Morgan fingerprint density at radius 2 is 2.12 bits per heavy atom. The number of hydrogen-bond donors (Lipinski definition) is 1. The van der Waals surface area contributed by atoms with E-state index in [2.05, 4.69) is 4.98 Å². The molecular weight excluding hydrogens is 322 g/mol. The van der Waals surface area contributed by atoms with Gasteiger partial charge in [-0.15, -0.1) is 0 Å². The van der Waals surface area contributed by atoms with Crippen molar-refractivity contribution in [2.45, 2.75) is 25.4 Å². The monoisotopic (exact) mass is 339 g/mol. The van der Waals surface area contributed by atoms with Gasteiger partial charge in [-0.25, -0.2) is 4.79 Å². The molecule has 2 amide bonds. The van der Waals surface area contributed by atoms with Gasteiger partial charge in [-0.3, -0.25) is 19.5 Å². The molecule has 0 aromatic carbocycles. The molecule has 2 saturated heterocycles. The number of amides is 2. The first-order valence-electron chi connectivity index (χ1n) is 8.17. The zero-order valence-corrected chi connectivity index (χ0v) is 13.6.